The van der Waals surface area contributed by atoms with Crippen LogP contribution in [0.2, 0.25) is 0 Å². The van der Waals surface area contributed by atoms with E-state index in [4.69, 9.17) is 0 Å². The number of fused-ring (bicyclic) bond motifs is 1. The first-order valence-corrected chi connectivity index (χ1v) is 7.73. The number of nitrogens with one attached hydrogen (secondary N) is 1. The van der Waals surface area contributed by atoms with Crippen LogP contribution in [0.3, 0.4) is 0 Å². The molecule has 0 aliphatic carbocycles. The van der Waals surface area contributed by atoms with Gasteiger partial charge >= 0.3 is 0 Å². The Kier molecular flexibility index (Phi) is 3.81. The highest BCUT2D eigenvalue weighted by Crippen LogP contribution is 2.33. The fourth-order valence-corrected chi connectivity index (χ4v) is 3.64. The highest BCUT2D eigenvalue weighted by Gasteiger charge is 2.16. The van der Waals surface area contributed by atoms with Gasteiger partial charge in [-0.15, -0.1) is 11.3 Å². The topological polar surface area (TPSA) is 24.9 Å². The van der Waals surface area contributed by atoms with Crippen LogP contribution >= 0.6 is 11.3 Å². The molecule has 0 saturated heterocycles. The first kappa shape index (κ1) is 13.3. The maximum absolute atomic E-state index is 4.33. The Morgan fingerprint density at radius 2 is 2.05 bits per heavy atom. The molecule has 1 N–H and O–H groups in total. The van der Waals surface area contributed by atoms with Crippen LogP contribution in [0.15, 0.2) is 48.8 Å². The lowest BCUT2D eigenvalue weighted by atomic mass is 10.1. The van der Waals surface area contributed by atoms with Gasteiger partial charge in [0.25, 0.3) is 0 Å². The van der Waals surface area contributed by atoms with Crippen LogP contribution in [-0.4, -0.2) is 11.5 Å². The second-order valence-electron chi connectivity index (χ2n) is 4.97. The Balaban J connectivity index is 2.05. The lowest BCUT2D eigenvalue weighted by molar-refractivity contribution is 0.637. The monoisotopic (exact) mass is 282 g/mol. The van der Waals surface area contributed by atoms with E-state index in [1.54, 1.807) is 0 Å². The van der Waals surface area contributed by atoms with E-state index >= 15 is 0 Å². The third kappa shape index (κ3) is 2.60. The molecular formula is C17H18N2S. The van der Waals surface area contributed by atoms with Gasteiger partial charge in [-0.2, -0.15) is 0 Å². The Bertz CT molecular complexity index is 685. The molecule has 3 heteroatoms. The average molecular weight is 282 g/mol. The van der Waals surface area contributed by atoms with E-state index in [1.165, 1.54) is 26.1 Å². The quantitative estimate of drug-likeness (QED) is 0.771. The number of benzene rings is 1. The van der Waals surface area contributed by atoms with Gasteiger partial charge in [-0.1, -0.05) is 31.2 Å². The molecule has 0 amide bonds. The minimum absolute atomic E-state index is 0.227. The molecule has 3 aromatic rings. The summed E-state index contributed by atoms with van der Waals surface area (Å²) < 4.78 is 1.34. The SMILES string of the molecule is CCNC(c1cncc(C)c1)c1cc2ccccc2s1. The largest absolute Gasteiger partial charge is 0.306 e. The molecule has 0 bridgehead atoms. The van der Waals surface area contributed by atoms with Crippen LogP contribution in [0.1, 0.15) is 29.0 Å². The van der Waals surface area contributed by atoms with Crippen LogP contribution in [0.4, 0.5) is 0 Å². The van der Waals surface area contributed by atoms with E-state index in [9.17, 15) is 0 Å². The van der Waals surface area contributed by atoms with Crippen LogP contribution in [0, 0.1) is 6.92 Å². The zero-order valence-electron chi connectivity index (χ0n) is 11.8. The van der Waals surface area contributed by atoms with E-state index in [0.717, 1.165) is 6.54 Å². The van der Waals surface area contributed by atoms with Crippen molar-refractivity contribution in [3.63, 3.8) is 0 Å². The summed E-state index contributed by atoms with van der Waals surface area (Å²) >= 11 is 1.86. The summed E-state index contributed by atoms with van der Waals surface area (Å²) in [5, 5.41) is 4.89. The first-order valence-electron chi connectivity index (χ1n) is 6.91. The highest BCUT2D eigenvalue weighted by atomic mass is 32.1. The Hall–Kier alpha value is -1.71. The van der Waals surface area contributed by atoms with Crippen molar-refractivity contribution in [1.82, 2.24) is 10.3 Å². The van der Waals surface area contributed by atoms with E-state index in [1.807, 2.05) is 23.7 Å². The molecule has 1 atom stereocenters. The van der Waals surface area contributed by atoms with Crippen molar-refractivity contribution in [2.45, 2.75) is 19.9 Å². The lowest BCUT2D eigenvalue weighted by Crippen LogP contribution is -2.21. The van der Waals surface area contributed by atoms with Gasteiger partial charge in [-0.05, 0) is 42.1 Å². The molecule has 0 spiro atoms. The van der Waals surface area contributed by atoms with E-state index < -0.39 is 0 Å². The molecule has 1 aromatic carbocycles. The molecule has 0 fully saturated rings. The molecule has 0 aliphatic heterocycles. The normalized spacial score (nSPS) is 12.7. The number of aryl methyl sites for hydroxylation is 1. The molecule has 0 aliphatic rings. The minimum Gasteiger partial charge on any atom is -0.306 e. The maximum atomic E-state index is 4.33. The molecular weight excluding hydrogens is 264 g/mol. The van der Waals surface area contributed by atoms with Gasteiger partial charge in [0, 0.05) is 22.0 Å². The standard InChI is InChI=1S/C17H18N2S/c1-3-19-17(14-8-12(2)10-18-11-14)16-9-13-6-4-5-7-15(13)20-16/h4-11,17,19H,3H2,1-2H3. The predicted molar refractivity (Wildman–Crippen MR) is 86.3 cm³/mol. The van der Waals surface area contributed by atoms with Crippen molar-refractivity contribution in [3.8, 4) is 0 Å². The zero-order chi connectivity index (χ0) is 13.9. The summed E-state index contributed by atoms with van der Waals surface area (Å²) in [6.45, 7) is 5.17. The van der Waals surface area contributed by atoms with Crippen LogP contribution in [0.25, 0.3) is 10.1 Å². The molecule has 20 heavy (non-hydrogen) atoms. The van der Waals surface area contributed by atoms with Gasteiger partial charge in [0.1, 0.15) is 0 Å². The summed E-state index contributed by atoms with van der Waals surface area (Å²) in [6.07, 6.45) is 3.86. The number of aromatic nitrogens is 1. The Morgan fingerprint density at radius 3 is 2.80 bits per heavy atom. The van der Waals surface area contributed by atoms with E-state index in [-0.39, 0.29) is 6.04 Å². The van der Waals surface area contributed by atoms with Crippen molar-refractivity contribution in [3.05, 3.63) is 64.8 Å². The molecule has 2 nitrogen and oxygen atoms in total. The molecule has 102 valence electrons. The smallest absolute Gasteiger partial charge is 0.0686 e. The van der Waals surface area contributed by atoms with E-state index in [0.29, 0.717) is 0 Å². The summed E-state index contributed by atoms with van der Waals surface area (Å²) in [5.74, 6) is 0. The van der Waals surface area contributed by atoms with Gasteiger partial charge in [0.15, 0.2) is 0 Å². The van der Waals surface area contributed by atoms with Crippen molar-refractivity contribution in [2.75, 3.05) is 6.54 Å². The number of pyridine rings is 1. The highest BCUT2D eigenvalue weighted by molar-refractivity contribution is 7.19. The van der Waals surface area contributed by atoms with Crippen LogP contribution in [-0.2, 0) is 0 Å². The fourth-order valence-electron chi connectivity index (χ4n) is 2.47. The minimum atomic E-state index is 0.227. The number of rotatable bonds is 4. The summed E-state index contributed by atoms with van der Waals surface area (Å²) in [4.78, 5) is 5.68. The van der Waals surface area contributed by atoms with Crippen molar-refractivity contribution < 1.29 is 0 Å². The van der Waals surface area contributed by atoms with Crippen LogP contribution in [0.5, 0.6) is 0 Å². The molecule has 1 unspecified atom stereocenters. The molecule has 0 radical (unpaired) electrons. The Labute approximate surface area is 123 Å². The van der Waals surface area contributed by atoms with Gasteiger partial charge in [0.05, 0.1) is 6.04 Å². The zero-order valence-corrected chi connectivity index (χ0v) is 12.6. The van der Waals surface area contributed by atoms with Gasteiger partial charge in [-0.25, -0.2) is 0 Å². The van der Waals surface area contributed by atoms with Crippen molar-refractivity contribution in [2.24, 2.45) is 0 Å². The lowest BCUT2D eigenvalue weighted by Gasteiger charge is -2.16. The third-order valence-corrected chi connectivity index (χ3v) is 4.55. The van der Waals surface area contributed by atoms with Gasteiger partial charge in [-0.3, -0.25) is 4.98 Å². The second kappa shape index (κ2) is 5.73. The fraction of sp³-hybridized carbons (Fsp3) is 0.235. The summed E-state index contributed by atoms with van der Waals surface area (Å²) in [7, 11) is 0. The predicted octanol–water partition coefficient (Wildman–Crippen LogP) is 4.30. The second-order valence-corrected chi connectivity index (χ2v) is 6.09. The number of nitrogens with zero attached hydrogens (tertiary/aromatic N) is 1. The molecule has 2 aromatic heterocycles. The molecule has 0 saturated carbocycles. The average Bonchev–Trinajstić information content (AvgIpc) is 2.88. The van der Waals surface area contributed by atoms with Gasteiger partial charge < -0.3 is 5.32 Å². The van der Waals surface area contributed by atoms with Gasteiger partial charge in [0.2, 0.25) is 0 Å². The molecule has 3 rings (SSSR count). The van der Waals surface area contributed by atoms with Crippen molar-refractivity contribution >= 4 is 21.4 Å². The maximum Gasteiger partial charge on any atom is 0.0686 e. The van der Waals surface area contributed by atoms with Crippen LogP contribution < -0.4 is 5.32 Å². The van der Waals surface area contributed by atoms with E-state index in [2.05, 4.69) is 60.5 Å². The number of hydrogen-bond acceptors (Lipinski definition) is 3. The number of hydrogen-bond donors (Lipinski definition) is 1. The third-order valence-electron chi connectivity index (χ3n) is 3.37. The summed E-state index contributed by atoms with van der Waals surface area (Å²) in [6, 6.07) is 13.3. The number of thiophene rings is 1. The first-order chi connectivity index (χ1) is 9.78. The summed E-state index contributed by atoms with van der Waals surface area (Å²) in [5.41, 5.74) is 2.44. The Morgan fingerprint density at radius 1 is 1.20 bits per heavy atom. The van der Waals surface area contributed by atoms with Crippen molar-refractivity contribution in [1.29, 1.82) is 0 Å². The molecule has 2 heterocycles.